The summed E-state index contributed by atoms with van der Waals surface area (Å²) in [4.78, 5) is 13.6. The Hall–Kier alpha value is -1.42. The zero-order valence-corrected chi connectivity index (χ0v) is 14.3. The van der Waals surface area contributed by atoms with Crippen molar-refractivity contribution in [3.8, 4) is 0 Å². The van der Waals surface area contributed by atoms with Crippen molar-refractivity contribution in [1.29, 1.82) is 0 Å². The van der Waals surface area contributed by atoms with Gasteiger partial charge in [0.05, 0.1) is 66.0 Å². The van der Waals surface area contributed by atoms with Gasteiger partial charge >= 0.3 is 5.97 Å². The van der Waals surface area contributed by atoms with Crippen LogP contribution >= 0.6 is 0 Å². The van der Waals surface area contributed by atoms with Gasteiger partial charge in [-0.25, -0.2) is 0 Å². The quantitative estimate of drug-likeness (QED) is 0.126. The van der Waals surface area contributed by atoms with Crippen molar-refractivity contribution in [2.75, 3.05) is 79.1 Å². The van der Waals surface area contributed by atoms with Gasteiger partial charge in [-0.15, -0.1) is 0 Å². The van der Waals surface area contributed by atoms with E-state index < -0.39 is 0 Å². The lowest BCUT2D eigenvalue weighted by Gasteiger charge is -2.07. The average Bonchev–Trinajstić information content (AvgIpc) is 2.58. The largest absolute Gasteiger partial charge is 0.465 e. The van der Waals surface area contributed by atoms with E-state index in [1.54, 1.807) is 6.92 Å². The molecule has 0 saturated carbocycles. The van der Waals surface area contributed by atoms with Crippen LogP contribution in [0.4, 0.5) is 0 Å². The third kappa shape index (κ3) is 18.6. The topological polar surface area (TPSA) is 124 Å². The molecule has 0 spiro atoms. The summed E-state index contributed by atoms with van der Waals surface area (Å²) >= 11 is 0. The number of azide groups is 1. The van der Waals surface area contributed by atoms with Gasteiger partial charge in [0, 0.05) is 18.0 Å². The molecule has 1 N–H and O–H groups in total. The van der Waals surface area contributed by atoms with Gasteiger partial charge in [0.25, 0.3) is 0 Å². The van der Waals surface area contributed by atoms with Crippen LogP contribution in [0.3, 0.4) is 0 Å². The van der Waals surface area contributed by atoms with Gasteiger partial charge in [-0.3, -0.25) is 4.79 Å². The molecule has 0 bridgehead atoms. The number of rotatable bonds is 18. The highest BCUT2D eigenvalue weighted by Gasteiger charge is 1.99. The molecule has 10 nitrogen and oxygen atoms in total. The first-order chi connectivity index (χ1) is 11.8. The molecule has 0 unspecified atom stereocenters. The lowest BCUT2D eigenvalue weighted by Crippen LogP contribution is -2.28. The minimum Gasteiger partial charge on any atom is -0.465 e. The third-order valence-corrected chi connectivity index (χ3v) is 2.51. The second-order valence-corrected chi connectivity index (χ2v) is 4.39. The second kappa shape index (κ2) is 19.6. The van der Waals surface area contributed by atoms with Gasteiger partial charge in [0.2, 0.25) is 0 Å². The van der Waals surface area contributed by atoms with Gasteiger partial charge in [0.1, 0.15) is 0 Å². The first-order valence-electron chi connectivity index (χ1n) is 7.99. The normalized spacial score (nSPS) is 10.4. The minimum atomic E-state index is -0.262. The zero-order chi connectivity index (χ0) is 17.7. The van der Waals surface area contributed by atoms with E-state index in [0.29, 0.717) is 72.6 Å². The van der Waals surface area contributed by atoms with Crippen LogP contribution in [0, 0.1) is 0 Å². The number of nitrogens with one attached hydrogen (secondary N) is 1. The number of carbonyl (C=O) groups excluding carboxylic acids is 1. The standard InChI is InChI=1S/C14H28N4O6/c1-2-24-14(19)13-16-3-5-20-7-9-22-11-12-23-10-8-21-6-4-17-18-15/h16H,2-13H2,1H3. The van der Waals surface area contributed by atoms with E-state index in [0.717, 1.165) is 0 Å². The van der Waals surface area contributed by atoms with Gasteiger partial charge in [-0.1, -0.05) is 5.11 Å². The van der Waals surface area contributed by atoms with Crippen LogP contribution < -0.4 is 5.32 Å². The van der Waals surface area contributed by atoms with Crippen LogP contribution in [-0.2, 0) is 28.5 Å². The van der Waals surface area contributed by atoms with Crippen LogP contribution in [0.25, 0.3) is 10.4 Å². The summed E-state index contributed by atoms with van der Waals surface area (Å²) in [5.41, 5.74) is 8.05. The predicted octanol–water partition coefficient (Wildman–Crippen LogP) is 0.516. The highest BCUT2D eigenvalue weighted by atomic mass is 16.6. The van der Waals surface area contributed by atoms with Crippen LogP contribution in [0.5, 0.6) is 0 Å². The molecular weight excluding hydrogens is 320 g/mol. The molecule has 0 radical (unpaired) electrons. The summed E-state index contributed by atoms with van der Waals surface area (Å²) in [5, 5.41) is 6.27. The summed E-state index contributed by atoms with van der Waals surface area (Å²) in [6.45, 7) is 7.07. The van der Waals surface area contributed by atoms with E-state index in [1.165, 1.54) is 0 Å². The fourth-order valence-electron chi connectivity index (χ4n) is 1.46. The number of nitrogens with zero attached hydrogens (tertiary/aromatic N) is 3. The number of hydrogen-bond donors (Lipinski definition) is 1. The molecule has 0 aliphatic heterocycles. The molecule has 0 amide bonds. The minimum absolute atomic E-state index is 0.195. The van der Waals surface area contributed by atoms with E-state index in [2.05, 4.69) is 15.3 Å². The first kappa shape index (κ1) is 22.6. The molecular formula is C14H28N4O6. The summed E-state index contributed by atoms with van der Waals surface area (Å²) < 4.78 is 25.9. The average molecular weight is 348 g/mol. The molecule has 140 valence electrons. The summed E-state index contributed by atoms with van der Waals surface area (Å²) in [7, 11) is 0. The van der Waals surface area contributed by atoms with E-state index in [9.17, 15) is 4.79 Å². The molecule has 0 saturated heterocycles. The maximum absolute atomic E-state index is 11.0. The van der Waals surface area contributed by atoms with E-state index in [4.69, 9.17) is 29.2 Å². The van der Waals surface area contributed by atoms with Crippen molar-refractivity contribution < 1.29 is 28.5 Å². The van der Waals surface area contributed by atoms with E-state index >= 15 is 0 Å². The Morgan fingerprint density at radius 3 is 2.04 bits per heavy atom. The van der Waals surface area contributed by atoms with Crippen LogP contribution in [0.15, 0.2) is 5.11 Å². The lowest BCUT2D eigenvalue weighted by atomic mass is 10.6. The maximum atomic E-state index is 11.0. The summed E-state index contributed by atoms with van der Waals surface area (Å²) in [5.74, 6) is -0.262. The Morgan fingerprint density at radius 2 is 1.50 bits per heavy atom. The summed E-state index contributed by atoms with van der Waals surface area (Å²) in [6, 6.07) is 0. The van der Waals surface area contributed by atoms with Gasteiger partial charge < -0.3 is 29.0 Å². The fraction of sp³-hybridized carbons (Fsp3) is 0.929. The lowest BCUT2D eigenvalue weighted by molar-refractivity contribution is -0.142. The molecule has 0 aromatic heterocycles. The molecule has 0 aromatic carbocycles. The molecule has 0 atom stereocenters. The smallest absolute Gasteiger partial charge is 0.319 e. The van der Waals surface area contributed by atoms with Crippen LogP contribution in [-0.4, -0.2) is 85.1 Å². The molecule has 0 rings (SSSR count). The van der Waals surface area contributed by atoms with Crippen molar-refractivity contribution in [3.63, 3.8) is 0 Å². The van der Waals surface area contributed by atoms with Gasteiger partial charge in [0.15, 0.2) is 0 Å². The fourth-order valence-corrected chi connectivity index (χ4v) is 1.46. The number of hydrogen-bond acceptors (Lipinski definition) is 8. The molecule has 0 heterocycles. The first-order valence-corrected chi connectivity index (χ1v) is 7.99. The Labute approximate surface area is 142 Å². The highest BCUT2D eigenvalue weighted by Crippen LogP contribution is 1.83. The van der Waals surface area contributed by atoms with Crippen molar-refractivity contribution >= 4 is 5.97 Å². The van der Waals surface area contributed by atoms with Crippen LogP contribution in [0.1, 0.15) is 6.92 Å². The third-order valence-electron chi connectivity index (χ3n) is 2.51. The monoisotopic (exact) mass is 348 g/mol. The van der Waals surface area contributed by atoms with Crippen molar-refractivity contribution in [2.45, 2.75) is 6.92 Å². The molecule has 0 aromatic rings. The van der Waals surface area contributed by atoms with Crippen molar-refractivity contribution in [1.82, 2.24) is 5.32 Å². The predicted molar refractivity (Wildman–Crippen MR) is 86.8 cm³/mol. The van der Waals surface area contributed by atoms with Crippen molar-refractivity contribution in [3.05, 3.63) is 10.4 Å². The number of ether oxygens (including phenoxy) is 5. The van der Waals surface area contributed by atoms with Crippen LogP contribution in [0.2, 0.25) is 0 Å². The Balaban J connectivity index is 3.05. The van der Waals surface area contributed by atoms with Crippen molar-refractivity contribution in [2.24, 2.45) is 5.11 Å². The molecule has 24 heavy (non-hydrogen) atoms. The number of carbonyl (C=O) groups is 1. The molecule has 0 aliphatic carbocycles. The van der Waals surface area contributed by atoms with Gasteiger partial charge in [-0.05, 0) is 12.5 Å². The van der Waals surface area contributed by atoms with E-state index in [-0.39, 0.29) is 12.5 Å². The number of esters is 1. The molecule has 0 fully saturated rings. The Kier molecular flexibility index (Phi) is 18.5. The zero-order valence-electron chi connectivity index (χ0n) is 14.3. The summed E-state index contributed by atoms with van der Waals surface area (Å²) in [6.07, 6.45) is 0. The molecule has 10 heteroatoms. The second-order valence-electron chi connectivity index (χ2n) is 4.39. The highest BCUT2D eigenvalue weighted by molar-refractivity contribution is 5.71. The van der Waals surface area contributed by atoms with Gasteiger partial charge in [-0.2, -0.15) is 0 Å². The molecule has 0 aliphatic rings. The Bertz CT molecular complexity index is 339. The van der Waals surface area contributed by atoms with E-state index in [1.807, 2.05) is 0 Å². The maximum Gasteiger partial charge on any atom is 0.319 e. The SMILES string of the molecule is CCOC(=O)CNCCOCCOCCOCCOCCN=[N+]=[N-]. The Morgan fingerprint density at radius 1 is 0.958 bits per heavy atom.